The molecule has 1 aromatic rings. The highest BCUT2D eigenvalue weighted by Gasteiger charge is 2.04. The highest BCUT2D eigenvalue weighted by atomic mass is 35.5. The van der Waals surface area contributed by atoms with Gasteiger partial charge >= 0.3 is 0 Å². The van der Waals surface area contributed by atoms with Gasteiger partial charge in [0.15, 0.2) is 0 Å². The van der Waals surface area contributed by atoms with E-state index in [-0.39, 0.29) is 24.2 Å². The van der Waals surface area contributed by atoms with Crippen molar-refractivity contribution in [1.82, 2.24) is 5.32 Å². The lowest BCUT2D eigenvalue weighted by atomic mass is 10.2. The van der Waals surface area contributed by atoms with E-state index in [0.717, 1.165) is 0 Å². The van der Waals surface area contributed by atoms with Gasteiger partial charge in [-0.2, -0.15) is 0 Å². The summed E-state index contributed by atoms with van der Waals surface area (Å²) in [5.41, 5.74) is 6.48. The first-order valence-corrected chi connectivity index (χ1v) is 4.99. The zero-order chi connectivity index (χ0) is 12.0. The number of amides is 2. The van der Waals surface area contributed by atoms with Gasteiger partial charge in [-0.05, 0) is 24.3 Å². The first kappa shape index (κ1) is 15.4. The van der Waals surface area contributed by atoms with E-state index >= 15 is 0 Å². The van der Waals surface area contributed by atoms with E-state index < -0.39 is 0 Å². The molecule has 2 amide bonds. The smallest absolute Gasteiger partial charge is 0.251 e. The molecule has 0 aliphatic rings. The van der Waals surface area contributed by atoms with Gasteiger partial charge in [-0.15, -0.1) is 12.4 Å². The molecular formula is C11H16ClN3O2. The maximum Gasteiger partial charge on any atom is 0.251 e. The predicted octanol–water partition coefficient (Wildman–Crippen LogP) is 0.755. The molecule has 1 aromatic carbocycles. The third kappa shape index (κ3) is 5.33. The van der Waals surface area contributed by atoms with Crippen LogP contribution in [0, 0.1) is 0 Å². The lowest BCUT2D eigenvalue weighted by Gasteiger charge is -2.05. The molecule has 0 spiro atoms. The van der Waals surface area contributed by atoms with Gasteiger partial charge in [-0.1, -0.05) is 0 Å². The summed E-state index contributed by atoms with van der Waals surface area (Å²) in [6.45, 7) is 2.30. The van der Waals surface area contributed by atoms with E-state index in [9.17, 15) is 9.59 Å². The highest BCUT2D eigenvalue weighted by Crippen LogP contribution is 2.09. The Kier molecular flexibility index (Phi) is 6.93. The topological polar surface area (TPSA) is 84.2 Å². The number of nitrogens with two attached hydrogens (primary N) is 1. The van der Waals surface area contributed by atoms with Crippen LogP contribution in [-0.2, 0) is 4.79 Å². The van der Waals surface area contributed by atoms with Gasteiger partial charge in [0.2, 0.25) is 5.91 Å². The quantitative estimate of drug-likeness (QED) is 0.744. The average molecular weight is 258 g/mol. The maximum absolute atomic E-state index is 11.5. The average Bonchev–Trinajstić information content (AvgIpc) is 2.26. The van der Waals surface area contributed by atoms with Crippen molar-refractivity contribution in [3.63, 3.8) is 0 Å². The van der Waals surface area contributed by atoms with Crippen LogP contribution in [0.5, 0.6) is 0 Å². The summed E-state index contributed by atoms with van der Waals surface area (Å²) in [6, 6.07) is 6.66. The molecule has 1 rings (SSSR count). The molecule has 4 N–H and O–H groups in total. The Balaban J connectivity index is 0.00000256. The second kappa shape index (κ2) is 7.65. The summed E-state index contributed by atoms with van der Waals surface area (Å²) in [7, 11) is 0. The van der Waals surface area contributed by atoms with Crippen LogP contribution in [0.3, 0.4) is 0 Å². The Morgan fingerprint density at radius 3 is 2.29 bits per heavy atom. The molecule has 17 heavy (non-hydrogen) atoms. The van der Waals surface area contributed by atoms with Crippen molar-refractivity contribution in [2.75, 3.05) is 18.4 Å². The van der Waals surface area contributed by atoms with Crippen LogP contribution in [-0.4, -0.2) is 24.9 Å². The minimum absolute atomic E-state index is 0. The molecule has 0 aliphatic heterocycles. The van der Waals surface area contributed by atoms with Crippen molar-refractivity contribution in [2.45, 2.75) is 6.92 Å². The number of carbonyl (C=O) groups is 2. The molecule has 0 aromatic heterocycles. The Hall–Kier alpha value is -1.59. The SMILES string of the molecule is CC(=O)Nc1ccc(C(=O)NCCN)cc1.Cl. The van der Waals surface area contributed by atoms with Gasteiger partial charge < -0.3 is 16.4 Å². The van der Waals surface area contributed by atoms with Crippen molar-refractivity contribution in [3.8, 4) is 0 Å². The molecule has 0 radical (unpaired) electrons. The van der Waals surface area contributed by atoms with Gasteiger partial charge in [0.1, 0.15) is 0 Å². The molecule has 0 heterocycles. The molecule has 0 aliphatic carbocycles. The van der Waals surface area contributed by atoms with E-state index in [1.54, 1.807) is 24.3 Å². The molecule has 6 heteroatoms. The summed E-state index contributed by atoms with van der Waals surface area (Å²) < 4.78 is 0. The molecular weight excluding hydrogens is 242 g/mol. The van der Waals surface area contributed by atoms with Crippen LogP contribution in [0.15, 0.2) is 24.3 Å². The fraction of sp³-hybridized carbons (Fsp3) is 0.273. The van der Waals surface area contributed by atoms with Gasteiger partial charge in [-0.3, -0.25) is 9.59 Å². The third-order valence-electron chi connectivity index (χ3n) is 1.90. The molecule has 0 unspecified atom stereocenters. The number of benzene rings is 1. The number of hydrogen-bond donors (Lipinski definition) is 3. The van der Waals surface area contributed by atoms with Gasteiger partial charge in [0.05, 0.1) is 0 Å². The lowest BCUT2D eigenvalue weighted by molar-refractivity contribution is -0.114. The van der Waals surface area contributed by atoms with Crippen LogP contribution in [0.2, 0.25) is 0 Å². The largest absolute Gasteiger partial charge is 0.351 e. The van der Waals surface area contributed by atoms with Crippen LogP contribution in [0.1, 0.15) is 17.3 Å². The minimum atomic E-state index is -0.167. The van der Waals surface area contributed by atoms with Crippen molar-refractivity contribution >= 4 is 29.9 Å². The Morgan fingerprint density at radius 1 is 1.24 bits per heavy atom. The monoisotopic (exact) mass is 257 g/mol. The number of halogens is 1. The van der Waals surface area contributed by atoms with Crippen molar-refractivity contribution in [1.29, 1.82) is 0 Å². The number of nitrogens with one attached hydrogen (secondary N) is 2. The number of hydrogen-bond acceptors (Lipinski definition) is 3. The van der Waals surface area contributed by atoms with E-state index in [2.05, 4.69) is 10.6 Å². The Morgan fingerprint density at radius 2 is 1.82 bits per heavy atom. The molecule has 94 valence electrons. The first-order valence-electron chi connectivity index (χ1n) is 4.99. The summed E-state index contributed by atoms with van der Waals surface area (Å²) >= 11 is 0. The fourth-order valence-corrected chi connectivity index (χ4v) is 1.20. The van der Waals surface area contributed by atoms with Crippen molar-refractivity contribution < 1.29 is 9.59 Å². The summed E-state index contributed by atoms with van der Waals surface area (Å²) in [4.78, 5) is 22.3. The standard InChI is InChI=1S/C11H15N3O2.ClH/c1-8(15)14-10-4-2-9(3-5-10)11(16)13-7-6-12;/h2-5H,6-7,12H2,1H3,(H,13,16)(H,14,15);1H. The highest BCUT2D eigenvalue weighted by molar-refractivity contribution is 5.95. The number of anilines is 1. The van der Waals surface area contributed by atoms with Gasteiger partial charge in [0.25, 0.3) is 5.91 Å². The molecule has 5 nitrogen and oxygen atoms in total. The van der Waals surface area contributed by atoms with Crippen LogP contribution >= 0.6 is 12.4 Å². The van der Waals surface area contributed by atoms with E-state index in [4.69, 9.17) is 5.73 Å². The second-order valence-electron chi connectivity index (χ2n) is 3.30. The zero-order valence-electron chi connectivity index (χ0n) is 9.53. The van der Waals surface area contributed by atoms with E-state index in [0.29, 0.717) is 24.3 Å². The van der Waals surface area contributed by atoms with Crippen molar-refractivity contribution in [2.24, 2.45) is 5.73 Å². The lowest BCUT2D eigenvalue weighted by Crippen LogP contribution is -2.28. The maximum atomic E-state index is 11.5. The van der Waals surface area contributed by atoms with Crippen LogP contribution < -0.4 is 16.4 Å². The fourth-order valence-electron chi connectivity index (χ4n) is 1.20. The van der Waals surface area contributed by atoms with E-state index in [1.165, 1.54) is 6.92 Å². The number of rotatable bonds is 4. The summed E-state index contributed by atoms with van der Waals surface area (Å²) in [5.74, 6) is -0.305. The minimum Gasteiger partial charge on any atom is -0.351 e. The first-order chi connectivity index (χ1) is 7.63. The summed E-state index contributed by atoms with van der Waals surface area (Å²) in [5, 5.41) is 5.28. The van der Waals surface area contributed by atoms with Gasteiger partial charge in [0, 0.05) is 31.3 Å². The Labute approximate surface area is 106 Å². The second-order valence-corrected chi connectivity index (χ2v) is 3.30. The molecule has 0 bridgehead atoms. The van der Waals surface area contributed by atoms with E-state index in [1.807, 2.05) is 0 Å². The molecule has 0 saturated heterocycles. The predicted molar refractivity (Wildman–Crippen MR) is 69.4 cm³/mol. The molecule has 0 atom stereocenters. The summed E-state index contributed by atoms with van der Waals surface area (Å²) in [6.07, 6.45) is 0. The zero-order valence-corrected chi connectivity index (χ0v) is 10.3. The normalized spacial score (nSPS) is 9.06. The van der Waals surface area contributed by atoms with Crippen LogP contribution in [0.4, 0.5) is 5.69 Å². The third-order valence-corrected chi connectivity index (χ3v) is 1.90. The Bertz CT molecular complexity index is 379. The molecule has 0 saturated carbocycles. The van der Waals surface area contributed by atoms with Gasteiger partial charge in [-0.25, -0.2) is 0 Å². The van der Waals surface area contributed by atoms with Crippen LogP contribution in [0.25, 0.3) is 0 Å². The van der Waals surface area contributed by atoms with Crippen molar-refractivity contribution in [3.05, 3.63) is 29.8 Å². The number of carbonyl (C=O) groups excluding carboxylic acids is 2. The molecule has 0 fully saturated rings.